The van der Waals surface area contributed by atoms with Crippen molar-refractivity contribution >= 4 is 22.6 Å². The van der Waals surface area contributed by atoms with Crippen molar-refractivity contribution in [1.82, 2.24) is 20.5 Å². The lowest BCUT2D eigenvalue weighted by Crippen LogP contribution is -2.49. The summed E-state index contributed by atoms with van der Waals surface area (Å²) < 4.78 is 13.2. The van der Waals surface area contributed by atoms with Crippen LogP contribution >= 0.6 is 0 Å². The first-order valence-corrected chi connectivity index (χ1v) is 23.3. The summed E-state index contributed by atoms with van der Waals surface area (Å²) in [5.74, 6) is 2.38. The highest BCUT2D eigenvalue weighted by Crippen LogP contribution is 2.46. The second-order valence-corrected chi connectivity index (χ2v) is 18.2. The molecule has 4 rings (SSSR count). The van der Waals surface area contributed by atoms with Gasteiger partial charge in [0.15, 0.2) is 0 Å². The Bertz CT molecular complexity index is 1690. The number of Topliss-reactive ketones (excluding diaryl/α,β-unsaturated/α-hetero) is 1. The van der Waals surface area contributed by atoms with E-state index in [0.29, 0.717) is 37.4 Å². The molecule has 3 heterocycles. The number of nitrogens with zero attached hydrogens (tertiary/aromatic N) is 2. The largest absolute Gasteiger partial charge is 0.494 e. The molecule has 8 heteroatoms. The quantitative estimate of drug-likeness (QED) is 0.101. The van der Waals surface area contributed by atoms with Gasteiger partial charge in [-0.3, -0.25) is 14.6 Å². The first-order valence-electron chi connectivity index (χ1n) is 23.3. The minimum absolute atomic E-state index is 0.00632. The van der Waals surface area contributed by atoms with Crippen molar-refractivity contribution in [3.8, 4) is 0 Å². The molecule has 2 fully saturated rings. The number of amides is 1. The minimum atomic E-state index is -0.333. The fraction of sp³-hybridized carbons (Fsp3) is 0.673. The lowest BCUT2D eigenvalue weighted by atomic mass is 9.68. The van der Waals surface area contributed by atoms with Crippen LogP contribution in [-0.4, -0.2) is 72.6 Å². The molecular formula is C52H86N4O4. The summed E-state index contributed by atoms with van der Waals surface area (Å²) >= 11 is 0. The highest BCUT2D eigenvalue weighted by molar-refractivity contribution is 5.80. The maximum Gasteiger partial charge on any atom is 0.221 e. The SMILES string of the molecule is C=C(O[C@H](CC)[C@@]1(C)CC(=O)NC1C(C)/C(=C/CC)[C@H](C)CCC)C(C)C(=C)[C@H](C)C(C)C1CC(N(C)C)CC(C)O1.CC.CC(=O)CNCc1ccc2ncccc2c1. The fourth-order valence-electron chi connectivity index (χ4n) is 9.48. The molecule has 0 radical (unpaired) electrons. The zero-order valence-corrected chi connectivity index (χ0v) is 40.6. The van der Waals surface area contributed by atoms with E-state index in [2.05, 4.69) is 129 Å². The Morgan fingerprint density at radius 2 is 1.78 bits per heavy atom. The van der Waals surface area contributed by atoms with Gasteiger partial charge in [-0.25, -0.2) is 0 Å². The van der Waals surface area contributed by atoms with Crippen molar-refractivity contribution in [3.05, 3.63) is 78.2 Å². The summed E-state index contributed by atoms with van der Waals surface area (Å²) in [4.78, 5) is 30.3. The fourth-order valence-corrected chi connectivity index (χ4v) is 9.48. The van der Waals surface area contributed by atoms with E-state index in [-0.39, 0.29) is 59.2 Å². The Labute approximate surface area is 366 Å². The Balaban J connectivity index is 0.000000568. The maximum absolute atomic E-state index is 13.0. The molecule has 2 saturated heterocycles. The molecule has 2 aliphatic heterocycles. The zero-order chi connectivity index (χ0) is 45.3. The topological polar surface area (TPSA) is 92.8 Å². The lowest BCUT2D eigenvalue weighted by molar-refractivity contribution is -0.120. The van der Waals surface area contributed by atoms with Gasteiger partial charge in [0.1, 0.15) is 11.9 Å². The summed E-state index contributed by atoms with van der Waals surface area (Å²) in [6, 6.07) is 10.6. The molecule has 1 amide bonds. The average Bonchev–Trinajstić information content (AvgIpc) is 3.54. The second kappa shape index (κ2) is 25.6. The molecule has 60 heavy (non-hydrogen) atoms. The van der Waals surface area contributed by atoms with Crippen LogP contribution in [0.5, 0.6) is 0 Å². The van der Waals surface area contributed by atoms with E-state index in [1.165, 1.54) is 11.1 Å². The molecule has 7 unspecified atom stereocenters. The molecular weight excluding hydrogens is 745 g/mol. The molecule has 8 nitrogen and oxygen atoms in total. The van der Waals surface area contributed by atoms with Crippen molar-refractivity contribution in [2.75, 3.05) is 20.6 Å². The van der Waals surface area contributed by atoms with Crippen molar-refractivity contribution in [2.45, 2.75) is 172 Å². The normalized spacial score (nSPS) is 24.7. The molecule has 2 N–H and O–H groups in total. The maximum atomic E-state index is 13.0. The summed E-state index contributed by atoms with van der Waals surface area (Å²) in [5.41, 5.74) is 4.44. The highest BCUT2D eigenvalue weighted by Gasteiger charge is 2.52. The monoisotopic (exact) mass is 831 g/mol. The van der Waals surface area contributed by atoms with Gasteiger partial charge in [-0.15, -0.1) is 0 Å². The van der Waals surface area contributed by atoms with Crippen molar-refractivity contribution in [3.63, 3.8) is 0 Å². The van der Waals surface area contributed by atoms with Crippen LogP contribution in [-0.2, 0) is 25.6 Å². The van der Waals surface area contributed by atoms with E-state index < -0.39 is 0 Å². The van der Waals surface area contributed by atoms with Crippen LogP contribution in [0.3, 0.4) is 0 Å². The van der Waals surface area contributed by atoms with Crippen molar-refractivity contribution in [2.24, 2.45) is 35.0 Å². The molecule has 0 aliphatic carbocycles. The molecule has 0 bridgehead atoms. The van der Waals surface area contributed by atoms with Gasteiger partial charge in [0.05, 0.1) is 30.0 Å². The van der Waals surface area contributed by atoms with E-state index in [9.17, 15) is 9.59 Å². The van der Waals surface area contributed by atoms with Gasteiger partial charge < -0.3 is 25.0 Å². The lowest BCUT2D eigenvalue weighted by Gasteiger charge is -2.43. The van der Waals surface area contributed by atoms with E-state index in [0.717, 1.165) is 60.8 Å². The summed E-state index contributed by atoms with van der Waals surface area (Å²) in [6.07, 6.45) is 11.3. The van der Waals surface area contributed by atoms with Crippen molar-refractivity contribution in [1.29, 1.82) is 0 Å². The van der Waals surface area contributed by atoms with E-state index >= 15 is 0 Å². The Morgan fingerprint density at radius 1 is 1.10 bits per heavy atom. The predicted octanol–water partition coefficient (Wildman–Crippen LogP) is 11.5. The third-order valence-electron chi connectivity index (χ3n) is 13.3. The number of carbonyl (C=O) groups excluding carboxylic acids is 2. The minimum Gasteiger partial charge on any atom is -0.494 e. The smallest absolute Gasteiger partial charge is 0.221 e. The molecule has 0 spiro atoms. The summed E-state index contributed by atoms with van der Waals surface area (Å²) in [7, 11) is 4.35. The Hall–Kier alpha value is -3.33. The van der Waals surface area contributed by atoms with Crippen LogP contribution in [0.4, 0.5) is 0 Å². The van der Waals surface area contributed by atoms with E-state index in [4.69, 9.17) is 9.47 Å². The molecule has 2 aliphatic rings. The number of benzene rings is 1. The molecule has 1 aromatic carbocycles. The van der Waals surface area contributed by atoms with Crippen LogP contribution in [0.1, 0.15) is 141 Å². The number of nitrogens with one attached hydrogen (secondary N) is 2. The standard InChI is InChI=1S/C37H66N2O3.C13H14N2O.C2H6/c1-15-18-23(4)32(19-16-2)29(10)36-37(12,22-35(40)38-36)34(17-3)42-30(11)27(8)25(6)26(7)28(9)33-21-31(39(13)14)20-24(5)41-33;1-10(16)8-14-9-11-4-5-13-12(7-11)3-2-6-15-13;1-2/h19,23-24,26-29,31,33-34,36H,6,11,15-18,20-22H2,1-5,7-10,12-14H3,(H,38,40);2-7,14H,8-9H2,1H3;1-2H3/b32-19+;;/t23-,24?,26+,27?,28?,29?,31?,33?,34-,36?,37-;;/m1../s1. The third kappa shape index (κ3) is 14.7. The number of ether oxygens (including phenoxy) is 2. The number of hydrogen-bond acceptors (Lipinski definition) is 7. The number of rotatable bonds is 20. The van der Waals surface area contributed by atoms with E-state index in [1.54, 1.807) is 13.1 Å². The summed E-state index contributed by atoms with van der Waals surface area (Å²) in [5, 5.41) is 7.61. The number of fused-ring (bicyclic) bond motifs is 1. The number of pyridine rings is 1. The van der Waals surface area contributed by atoms with Gasteiger partial charge in [0.2, 0.25) is 5.91 Å². The molecule has 1 aromatic heterocycles. The van der Waals surface area contributed by atoms with E-state index in [1.807, 2.05) is 38.1 Å². The number of aromatic nitrogens is 1. The average molecular weight is 831 g/mol. The molecule has 338 valence electrons. The van der Waals surface area contributed by atoms with Crippen LogP contribution in [0.2, 0.25) is 0 Å². The Morgan fingerprint density at radius 3 is 2.38 bits per heavy atom. The molecule has 11 atom stereocenters. The zero-order valence-electron chi connectivity index (χ0n) is 40.6. The third-order valence-corrected chi connectivity index (χ3v) is 13.3. The number of hydrogen-bond donors (Lipinski definition) is 2. The second-order valence-electron chi connectivity index (χ2n) is 18.2. The van der Waals surface area contributed by atoms with Gasteiger partial charge in [-0.05, 0) is 107 Å². The van der Waals surface area contributed by atoms with Crippen molar-refractivity contribution < 1.29 is 19.1 Å². The van der Waals surface area contributed by atoms with Gasteiger partial charge in [-0.1, -0.05) is 125 Å². The highest BCUT2D eigenvalue weighted by atomic mass is 16.5. The number of carbonyl (C=O) groups is 2. The van der Waals surface area contributed by atoms with Gasteiger partial charge >= 0.3 is 0 Å². The molecule has 0 saturated carbocycles. The first-order chi connectivity index (χ1) is 28.4. The number of ketones is 1. The Kier molecular flexibility index (Phi) is 22.5. The van der Waals surface area contributed by atoms with Crippen LogP contribution in [0.25, 0.3) is 10.9 Å². The first kappa shape index (κ1) is 52.8. The predicted molar refractivity (Wildman–Crippen MR) is 254 cm³/mol. The van der Waals surface area contributed by atoms with Gasteiger partial charge in [0, 0.05) is 48.0 Å². The van der Waals surface area contributed by atoms with Gasteiger partial charge in [0.25, 0.3) is 0 Å². The van der Waals surface area contributed by atoms with Gasteiger partial charge in [-0.2, -0.15) is 0 Å². The molecule has 2 aromatic rings. The summed E-state index contributed by atoms with van der Waals surface area (Å²) in [6.45, 7) is 38.2. The van der Waals surface area contributed by atoms with Crippen LogP contribution in [0, 0.1) is 35.0 Å². The number of allylic oxidation sites excluding steroid dienone is 2. The van der Waals surface area contributed by atoms with Crippen LogP contribution < -0.4 is 10.6 Å². The van der Waals surface area contributed by atoms with Crippen LogP contribution in [0.15, 0.2) is 72.7 Å².